The van der Waals surface area contributed by atoms with Crippen LogP contribution in [0.25, 0.3) is 0 Å². The average molecular weight is 254 g/mol. The van der Waals surface area contributed by atoms with Gasteiger partial charge in [-0.1, -0.05) is 6.92 Å². The van der Waals surface area contributed by atoms with E-state index in [4.69, 9.17) is 0 Å². The molecule has 102 valence electrons. The highest BCUT2D eigenvalue weighted by atomic mass is 16.3. The van der Waals surface area contributed by atoms with E-state index in [0.717, 1.165) is 0 Å². The number of nitrogens with zero attached hydrogens (tertiary/aromatic N) is 1. The number of aliphatic hydroxyl groups is 2. The summed E-state index contributed by atoms with van der Waals surface area (Å²) in [4.78, 5) is 12.2. The van der Waals surface area contributed by atoms with Crippen molar-refractivity contribution in [1.82, 2.24) is 9.88 Å². The van der Waals surface area contributed by atoms with Crippen molar-refractivity contribution in [2.45, 2.75) is 38.8 Å². The SMILES string of the molecule is CCC(CO)(CO)NC(=O)c1cccn1C(C)C. The molecule has 5 nitrogen and oxygen atoms in total. The molecule has 1 amide bonds. The van der Waals surface area contributed by atoms with Gasteiger partial charge in [-0.05, 0) is 32.4 Å². The minimum Gasteiger partial charge on any atom is -0.394 e. The summed E-state index contributed by atoms with van der Waals surface area (Å²) >= 11 is 0. The molecule has 1 heterocycles. The lowest BCUT2D eigenvalue weighted by molar-refractivity contribution is 0.0645. The molecule has 1 aromatic heterocycles. The zero-order valence-electron chi connectivity index (χ0n) is 11.2. The standard InChI is InChI=1S/C13H22N2O3/c1-4-13(8-16,9-17)14-12(18)11-6-5-7-15(11)10(2)3/h5-7,10,16-17H,4,8-9H2,1-3H3,(H,14,18). The fraction of sp³-hybridized carbons (Fsp3) is 0.615. The molecule has 0 aliphatic heterocycles. The van der Waals surface area contributed by atoms with Crippen LogP contribution in [-0.4, -0.2) is 39.4 Å². The van der Waals surface area contributed by atoms with E-state index >= 15 is 0 Å². The molecule has 0 aromatic carbocycles. The summed E-state index contributed by atoms with van der Waals surface area (Å²) in [5.74, 6) is -0.279. The summed E-state index contributed by atoms with van der Waals surface area (Å²) in [5, 5.41) is 21.4. The molecule has 0 fully saturated rings. The van der Waals surface area contributed by atoms with Crippen LogP contribution < -0.4 is 5.32 Å². The Kier molecular flexibility index (Phi) is 4.93. The summed E-state index contributed by atoms with van der Waals surface area (Å²) in [7, 11) is 0. The number of hydrogen-bond acceptors (Lipinski definition) is 3. The Morgan fingerprint density at radius 1 is 1.44 bits per heavy atom. The molecule has 0 atom stereocenters. The van der Waals surface area contributed by atoms with Gasteiger partial charge in [0, 0.05) is 12.2 Å². The molecule has 3 N–H and O–H groups in total. The normalized spacial score (nSPS) is 11.9. The van der Waals surface area contributed by atoms with E-state index in [1.54, 1.807) is 12.1 Å². The molecule has 0 unspecified atom stereocenters. The second kappa shape index (κ2) is 6.02. The Morgan fingerprint density at radius 2 is 2.06 bits per heavy atom. The molecule has 0 aliphatic rings. The van der Waals surface area contributed by atoms with Gasteiger partial charge < -0.3 is 20.1 Å². The van der Waals surface area contributed by atoms with Gasteiger partial charge in [0.05, 0.1) is 18.8 Å². The summed E-state index contributed by atoms with van der Waals surface area (Å²) < 4.78 is 1.85. The monoisotopic (exact) mass is 254 g/mol. The molecule has 0 bridgehead atoms. The van der Waals surface area contributed by atoms with Crippen molar-refractivity contribution < 1.29 is 15.0 Å². The molecule has 18 heavy (non-hydrogen) atoms. The molecule has 1 rings (SSSR count). The van der Waals surface area contributed by atoms with Crippen LogP contribution in [0.15, 0.2) is 18.3 Å². The van der Waals surface area contributed by atoms with Crippen LogP contribution in [0.3, 0.4) is 0 Å². The van der Waals surface area contributed by atoms with Gasteiger partial charge >= 0.3 is 0 Å². The second-order valence-corrected chi connectivity index (χ2v) is 4.80. The van der Waals surface area contributed by atoms with Gasteiger partial charge in [-0.2, -0.15) is 0 Å². The predicted molar refractivity (Wildman–Crippen MR) is 69.5 cm³/mol. The average Bonchev–Trinajstić information content (AvgIpc) is 2.85. The number of aromatic nitrogens is 1. The van der Waals surface area contributed by atoms with Crippen molar-refractivity contribution in [3.8, 4) is 0 Å². The number of nitrogens with one attached hydrogen (secondary N) is 1. The number of hydrogen-bond donors (Lipinski definition) is 3. The summed E-state index contributed by atoms with van der Waals surface area (Å²) in [6, 6.07) is 3.71. The fourth-order valence-electron chi connectivity index (χ4n) is 1.78. The van der Waals surface area contributed by atoms with E-state index in [0.29, 0.717) is 12.1 Å². The molecule has 0 radical (unpaired) electrons. The Bertz CT molecular complexity index is 386. The van der Waals surface area contributed by atoms with Gasteiger partial charge in [-0.25, -0.2) is 0 Å². The van der Waals surface area contributed by atoms with Gasteiger partial charge in [-0.3, -0.25) is 4.79 Å². The largest absolute Gasteiger partial charge is 0.394 e. The van der Waals surface area contributed by atoms with Crippen LogP contribution in [0, 0.1) is 0 Å². The number of carbonyl (C=O) groups excluding carboxylic acids is 1. The Morgan fingerprint density at radius 3 is 2.50 bits per heavy atom. The van der Waals surface area contributed by atoms with E-state index in [2.05, 4.69) is 5.32 Å². The van der Waals surface area contributed by atoms with Gasteiger partial charge in [0.1, 0.15) is 5.69 Å². The highest BCUT2D eigenvalue weighted by Gasteiger charge is 2.29. The summed E-state index contributed by atoms with van der Waals surface area (Å²) in [6.07, 6.45) is 2.30. The highest BCUT2D eigenvalue weighted by molar-refractivity contribution is 5.93. The maximum absolute atomic E-state index is 12.2. The molecule has 0 saturated heterocycles. The first-order chi connectivity index (χ1) is 8.49. The van der Waals surface area contributed by atoms with Crippen molar-refractivity contribution in [2.75, 3.05) is 13.2 Å². The third-order valence-corrected chi connectivity index (χ3v) is 3.23. The van der Waals surface area contributed by atoms with Crippen LogP contribution in [-0.2, 0) is 0 Å². The van der Waals surface area contributed by atoms with E-state index in [9.17, 15) is 15.0 Å². The number of amides is 1. The van der Waals surface area contributed by atoms with Crippen molar-refractivity contribution in [3.63, 3.8) is 0 Å². The predicted octanol–water partition coefficient (Wildman–Crippen LogP) is 0.932. The molecular formula is C13H22N2O3. The maximum atomic E-state index is 12.2. The lowest BCUT2D eigenvalue weighted by Crippen LogP contribution is -2.54. The van der Waals surface area contributed by atoms with Crippen molar-refractivity contribution in [1.29, 1.82) is 0 Å². The van der Waals surface area contributed by atoms with E-state index in [1.165, 1.54) is 0 Å². The van der Waals surface area contributed by atoms with E-state index < -0.39 is 5.54 Å². The Hall–Kier alpha value is -1.33. The molecule has 1 aromatic rings. The first kappa shape index (κ1) is 14.7. The van der Waals surface area contributed by atoms with Crippen LogP contribution in [0.1, 0.15) is 43.7 Å². The number of rotatable bonds is 6. The number of aliphatic hydroxyl groups excluding tert-OH is 2. The van der Waals surface area contributed by atoms with Crippen LogP contribution >= 0.6 is 0 Å². The first-order valence-corrected chi connectivity index (χ1v) is 6.20. The summed E-state index contributed by atoms with van der Waals surface area (Å²) in [5.41, 5.74) is -0.423. The van der Waals surface area contributed by atoms with E-state index in [-0.39, 0.29) is 25.2 Å². The third-order valence-electron chi connectivity index (χ3n) is 3.23. The van der Waals surface area contributed by atoms with Crippen LogP contribution in [0.5, 0.6) is 0 Å². The van der Waals surface area contributed by atoms with Gasteiger partial charge in [0.15, 0.2) is 0 Å². The van der Waals surface area contributed by atoms with Gasteiger partial charge in [0.25, 0.3) is 5.91 Å². The van der Waals surface area contributed by atoms with Crippen molar-refractivity contribution in [2.24, 2.45) is 0 Å². The van der Waals surface area contributed by atoms with Gasteiger partial charge in [-0.15, -0.1) is 0 Å². The van der Waals surface area contributed by atoms with Crippen molar-refractivity contribution >= 4 is 5.91 Å². The Balaban J connectivity index is 2.91. The second-order valence-electron chi connectivity index (χ2n) is 4.80. The minimum absolute atomic E-state index is 0.181. The molecular weight excluding hydrogens is 232 g/mol. The zero-order valence-corrected chi connectivity index (χ0v) is 11.2. The van der Waals surface area contributed by atoms with Crippen LogP contribution in [0.4, 0.5) is 0 Å². The van der Waals surface area contributed by atoms with E-state index in [1.807, 2.05) is 31.5 Å². The number of carbonyl (C=O) groups is 1. The first-order valence-electron chi connectivity index (χ1n) is 6.20. The topological polar surface area (TPSA) is 74.5 Å². The molecule has 0 spiro atoms. The fourth-order valence-corrected chi connectivity index (χ4v) is 1.78. The maximum Gasteiger partial charge on any atom is 0.268 e. The molecule has 0 aliphatic carbocycles. The lowest BCUT2D eigenvalue weighted by atomic mass is 9.98. The summed E-state index contributed by atoms with van der Waals surface area (Å²) in [6.45, 7) is 5.22. The Labute approximate surface area is 107 Å². The molecule has 5 heteroatoms. The smallest absolute Gasteiger partial charge is 0.268 e. The highest BCUT2D eigenvalue weighted by Crippen LogP contribution is 2.14. The quantitative estimate of drug-likeness (QED) is 0.707. The lowest BCUT2D eigenvalue weighted by Gasteiger charge is -2.30. The van der Waals surface area contributed by atoms with Gasteiger partial charge in [0.2, 0.25) is 0 Å². The van der Waals surface area contributed by atoms with Crippen molar-refractivity contribution in [3.05, 3.63) is 24.0 Å². The van der Waals surface area contributed by atoms with Crippen LogP contribution in [0.2, 0.25) is 0 Å². The zero-order chi connectivity index (χ0) is 13.8. The molecule has 0 saturated carbocycles. The third kappa shape index (κ3) is 2.91. The minimum atomic E-state index is -0.955.